The zero-order valence-corrected chi connectivity index (χ0v) is 14.9. The van der Waals surface area contributed by atoms with Gasteiger partial charge in [-0.05, 0) is 35.7 Å². The SMILES string of the molecule is COc1cc(C(C)C)c(Oc2cnc(N)nc2N)cc1-c1ccncc1. The Balaban J connectivity index is 2.13. The van der Waals surface area contributed by atoms with Crippen molar-refractivity contribution in [2.24, 2.45) is 0 Å². The van der Waals surface area contributed by atoms with Crippen LogP contribution in [0.2, 0.25) is 0 Å². The summed E-state index contributed by atoms with van der Waals surface area (Å²) in [5.41, 5.74) is 14.3. The number of hydrogen-bond acceptors (Lipinski definition) is 7. The van der Waals surface area contributed by atoms with Gasteiger partial charge < -0.3 is 20.9 Å². The molecule has 7 nitrogen and oxygen atoms in total. The van der Waals surface area contributed by atoms with Gasteiger partial charge in [0.25, 0.3) is 0 Å². The van der Waals surface area contributed by atoms with Crippen LogP contribution in [0, 0.1) is 0 Å². The minimum Gasteiger partial charge on any atom is -0.496 e. The maximum atomic E-state index is 6.04. The molecule has 0 spiro atoms. The number of ether oxygens (including phenoxy) is 2. The summed E-state index contributed by atoms with van der Waals surface area (Å²) in [6.07, 6.45) is 4.94. The fraction of sp³-hybridized carbons (Fsp3) is 0.211. The van der Waals surface area contributed by atoms with E-state index in [1.54, 1.807) is 19.5 Å². The standard InChI is InChI=1S/C19H21N5O2/c1-11(2)13-8-15(25-3)14(12-4-6-22-7-5-12)9-16(13)26-17-10-23-19(21)24-18(17)20/h4-11H,1-3H3,(H4,20,21,23,24). The van der Waals surface area contributed by atoms with Gasteiger partial charge in [-0.15, -0.1) is 0 Å². The van der Waals surface area contributed by atoms with Crippen LogP contribution in [0.1, 0.15) is 25.3 Å². The maximum absolute atomic E-state index is 6.04. The molecule has 2 aromatic heterocycles. The highest BCUT2D eigenvalue weighted by Gasteiger charge is 2.17. The van der Waals surface area contributed by atoms with Crippen LogP contribution in [-0.2, 0) is 0 Å². The summed E-state index contributed by atoms with van der Waals surface area (Å²) in [5.74, 6) is 2.27. The third-order valence-corrected chi connectivity index (χ3v) is 3.97. The third-order valence-electron chi connectivity index (χ3n) is 3.97. The molecule has 7 heteroatoms. The highest BCUT2D eigenvalue weighted by molar-refractivity contribution is 5.73. The summed E-state index contributed by atoms with van der Waals surface area (Å²) in [5, 5.41) is 0. The molecule has 26 heavy (non-hydrogen) atoms. The number of rotatable bonds is 5. The van der Waals surface area contributed by atoms with E-state index < -0.39 is 0 Å². The van der Waals surface area contributed by atoms with Gasteiger partial charge in [0, 0.05) is 23.5 Å². The normalized spacial score (nSPS) is 10.8. The minimum absolute atomic E-state index is 0.103. The Morgan fingerprint density at radius 1 is 1.00 bits per heavy atom. The highest BCUT2D eigenvalue weighted by Crippen LogP contribution is 2.41. The molecule has 0 aliphatic rings. The van der Waals surface area contributed by atoms with Gasteiger partial charge in [0.05, 0.1) is 13.3 Å². The van der Waals surface area contributed by atoms with E-state index in [-0.39, 0.29) is 17.7 Å². The molecular formula is C19H21N5O2. The van der Waals surface area contributed by atoms with E-state index in [1.807, 2.05) is 24.3 Å². The number of nitrogens with zero attached hydrogens (tertiary/aromatic N) is 3. The quantitative estimate of drug-likeness (QED) is 0.722. The van der Waals surface area contributed by atoms with Gasteiger partial charge in [0.1, 0.15) is 11.5 Å². The number of aromatic nitrogens is 3. The number of hydrogen-bond donors (Lipinski definition) is 2. The van der Waals surface area contributed by atoms with Crippen LogP contribution >= 0.6 is 0 Å². The topological polar surface area (TPSA) is 109 Å². The van der Waals surface area contributed by atoms with Crippen molar-refractivity contribution < 1.29 is 9.47 Å². The van der Waals surface area contributed by atoms with Crippen molar-refractivity contribution in [3.8, 4) is 28.4 Å². The molecule has 134 valence electrons. The van der Waals surface area contributed by atoms with Crippen LogP contribution in [0.3, 0.4) is 0 Å². The summed E-state index contributed by atoms with van der Waals surface area (Å²) in [7, 11) is 1.65. The Morgan fingerprint density at radius 3 is 2.35 bits per heavy atom. The Hall–Kier alpha value is -3.35. The molecule has 0 fully saturated rings. The molecule has 0 unspecified atom stereocenters. The molecule has 0 radical (unpaired) electrons. The smallest absolute Gasteiger partial charge is 0.222 e. The molecule has 0 aliphatic carbocycles. The Labute approximate surface area is 152 Å². The molecule has 0 aliphatic heterocycles. The van der Waals surface area contributed by atoms with E-state index in [0.717, 1.165) is 22.4 Å². The predicted molar refractivity (Wildman–Crippen MR) is 101 cm³/mol. The monoisotopic (exact) mass is 351 g/mol. The van der Waals surface area contributed by atoms with Crippen LogP contribution in [0.5, 0.6) is 17.2 Å². The predicted octanol–water partition coefficient (Wildman–Crippen LogP) is 3.63. The van der Waals surface area contributed by atoms with Crippen molar-refractivity contribution in [1.82, 2.24) is 15.0 Å². The summed E-state index contributed by atoms with van der Waals surface area (Å²) < 4.78 is 11.6. The molecule has 3 rings (SSSR count). The minimum atomic E-state index is 0.103. The van der Waals surface area contributed by atoms with E-state index in [1.165, 1.54) is 6.20 Å². The van der Waals surface area contributed by atoms with Gasteiger partial charge in [0.2, 0.25) is 5.95 Å². The van der Waals surface area contributed by atoms with Crippen molar-refractivity contribution in [3.63, 3.8) is 0 Å². The first kappa shape index (κ1) is 17.5. The van der Waals surface area contributed by atoms with Crippen molar-refractivity contribution >= 4 is 11.8 Å². The molecule has 3 aromatic rings. The second-order valence-corrected chi connectivity index (χ2v) is 6.06. The molecular weight excluding hydrogens is 330 g/mol. The van der Waals surface area contributed by atoms with Gasteiger partial charge in [-0.3, -0.25) is 4.98 Å². The molecule has 4 N–H and O–H groups in total. The average molecular weight is 351 g/mol. The van der Waals surface area contributed by atoms with E-state index in [2.05, 4.69) is 28.8 Å². The lowest BCUT2D eigenvalue weighted by Gasteiger charge is -2.18. The van der Waals surface area contributed by atoms with E-state index in [9.17, 15) is 0 Å². The highest BCUT2D eigenvalue weighted by atomic mass is 16.5. The molecule has 0 amide bonds. The second-order valence-electron chi connectivity index (χ2n) is 6.06. The molecule has 0 atom stereocenters. The number of anilines is 2. The van der Waals surface area contributed by atoms with Crippen LogP contribution in [0.25, 0.3) is 11.1 Å². The lowest BCUT2D eigenvalue weighted by atomic mass is 9.96. The number of benzene rings is 1. The van der Waals surface area contributed by atoms with E-state index in [0.29, 0.717) is 11.5 Å². The largest absolute Gasteiger partial charge is 0.496 e. The maximum Gasteiger partial charge on any atom is 0.222 e. The first-order chi connectivity index (χ1) is 12.5. The zero-order chi connectivity index (χ0) is 18.7. The van der Waals surface area contributed by atoms with Crippen molar-refractivity contribution in [1.29, 1.82) is 0 Å². The zero-order valence-electron chi connectivity index (χ0n) is 14.9. The molecule has 0 saturated heterocycles. The number of nitrogens with two attached hydrogens (primary N) is 2. The summed E-state index contributed by atoms with van der Waals surface area (Å²) in [4.78, 5) is 12.0. The van der Waals surface area contributed by atoms with Crippen LogP contribution < -0.4 is 20.9 Å². The average Bonchev–Trinajstić information content (AvgIpc) is 2.64. The first-order valence-corrected chi connectivity index (χ1v) is 8.17. The van der Waals surface area contributed by atoms with E-state index >= 15 is 0 Å². The van der Waals surface area contributed by atoms with Crippen LogP contribution in [0.15, 0.2) is 42.9 Å². The molecule has 0 bridgehead atoms. The lowest BCUT2D eigenvalue weighted by Crippen LogP contribution is -2.03. The van der Waals surface area contributed by atoms with Crippen LogP contribution in [-0.4, -0.2) is 22.1 Å². The first-order valence-electron chi connectivity index (χ1n) is 8.17. The van der Waals surface area contributed by atoms with Crippen molar-refractivity contribution in [2.75, 3.05) is 18.6 Å². The molecule has 2 heterocycles. The fourth-order valence-corrected chi connectivity index (χ4v) is 2.64. The van der Waals surface area contributed by atoms with Gasteiger partial charge in [-0.2, -0.15) is 4.98 Å². The summed E-state index contributed by atoms with van der Waals surface area (Å²) >= 11 is 0. The number of methoxy groups -OCH3 is 1. The van der Waals surface area contributed by atoms with Gasteiger partial charge in [-0.1, -0.05) is 13.8 Å². The fourth-order valence-electron chi connectivity index (χ4n) is 2.64. The Morgan fingerprint density at radius 2 is 1.73 bits per heavy atom. The van der Waals surface area contributed by atoms with Gasteiger partial charge in [0.15, 0.2) is 11.6 Å². The summed E-state index contributed by atoms with van der Waals surface area (Å²) in [6, 6.07) is 7.73. The van der Waals surface area contributed by atoms with Crippen LogP contribution in [0.4, 0.5) is 11.8 Å². The van der Waals surface area contributed by atoms with E-state index in [4.69, 9.17) is 20.9 Å². The molecule has 0 saturated carbocycles. The number of pyridine rings is 1. The molecule has 1 aromatic carbocycles. The van der Waals surface area contributed by atoms with Crippen molar-refractivity contribution in [2.45, 2.75) is 19.8 Å². The lowest BCUT2D eigenvalue weighted by molar-refractivity contribution is 0.412. The third kappa shape index (κ3) is 3.51. The second kappa shape index (κ2) is 7.26. The van der Waals surface area contributed by atoms with Gasteiger partial charge >= 0.3 is 0 Å². The van der Waals surface area contributed by atoms with Gasteiger partial charge in [-0.25, -0.2) is 4.98 Å². The number of nitrogen functional groups attached to an aromatic ring is 2. The Kier molecular flexibility index (Phi) is 4.88. The Bertz CT molecular complexity index is 913. The van der Waals surface area contributed by atoms with Crippen molar-refractivity contribution in [3.05, 3.63) is 48.4 Å². The summed E-state index contributed by atoms with van der Waals surface area (Å²) in [6.45, 7) is 4.16.